The third kappa shape index (κ3) is 2.88. The Bertz CT molecular complexity index is 584. The van der Waals surface area contributed by atoms with E-state index in [2.05, 4.69) is 20.9 Å². The Labute approximate surface area is 144 Å². The molecule has 1 aromatic carbocycles. The first-order chi connectivity index (χ1) is 11.5. The summed E-state index contributed by atoms with van der Waals surface area (Å²) in [6, 6.07) is 10.9. The zero-order chi connectivity index (χ0) is 17.3. The first kappa shape index (κ1) is 17.2. The Balaban J connectivity index is 1.68. The molecule has 0 aromatic heterocycles. The smallest absolute Gasteiger partial charge is 0.320 e. The van der Waals surface area contributed by atoms with E-state index in [1.54, 1.807) is 12.1 Å². The Hall–Kier alpha value is -1.68. The van der Waals surface area contributed by atoms with Crippen molar-refractivity contribution in [2.45, 2.75) is 69.7 Å². The number of piperidine rings is 1. The Morgan fingerprint density at radius 3 is 2.25 bits per heavy atom. The van der Waals surface area contributed by atoms with Gasteiger partial charge in [-0.25, -0.2) is 0 Å². The first-order valence-electron chi connectivity index (χ1n) is 9.03. The van der Waals surface area contributed by atoms with Crippen molar-refractivity contribution in [2.24, 2.45) is 0 Å². The molecule has 3 rings (SSSR count). The van der Waals surface area contributed by atoms with E-state index in [-0.39, 0.29) is 6.10 Å². The van der Waals surface area contributed by atoms with Crippen LogP contribution in [-0.4, -0.2) is 48.0 Å². The standard InChI is InChI=1S/C20H28NO3/c1-14(2)21(3)16-9-10-17(21)12-18(11-16)24-20(23)19(13-22)15-7-5-4-6-8-15/h4-8,13-14,16-19H,9-12H2,1-3H3/q+1/t16-,17+,18?,19-,21?/m0/s1. The third-order valence-electron chi connectivity index (χ3n) is 6.42. The molecule has 0 radical (unpaired) electrons. The number of carbonyl (C=O) groups excluding carboxylic acids is 2. The van der Waals surface area contributed by atoms with E-state index >= 15 is 0 Å². The van der Waals surface area contributed by atoms with E-state index in [0.29, 0.717) is 30.0 Å². The van der Waals surface area contributed by atoms with Crippen LogP contribution in [0.3, 0.4) is 0 Å². The summed E-state index contributed by atoms with van der Waals surface area (Å²) in [5.74, 6) is -1.21. The van der Waals surface area contributed by atoms with Crippen LogP contribution < -0.4 is 0 Å². The van der Waals surface area contributed by atoms with Gasteiger partial charge in [0.25, 0.3) is 0 Å². The number of hydrogen-bond donors (Lipinski definition) is 0. The molecule has 0 N–H and O–H groups in total. The first-order valence-corrected chi connectivity index (χ1v) is 9.03. The molecule has 2 aliphatic heterocycles. The molecule has 130 valence electrons. The molecular formula is C20H28NO3+. The molecule has 4 nitrogen and oxygen atoms in total. The molecule has 2 saturated heterocycles. The molecule has 2 heterocycles. The fourth-order valence-corrected chi connectivity index (χ4v) is 4.74. The van der Waals surface area contributed by atoms with Crippen molar-refractivity contribution in [3.05, 3.63) is 35.9 Å². The van der Waals surface area contributed by atoms with E-state index in [4.69, 9.17) is 4.74 Å². The van der Waals surface area contributed by atoms with Crippen LogP contribution in [0.2, 0.25) is 0 Å². The zero-order valence-corrected chi connectivity index (χ0v) is 14.9. The summed E-state index contributed by atoms with van der Waals surface area (Å²) in [6.45, 7) is 4.57. The van der Waals surface area contributed by atoms with Crippen LogP contribution in [0.1, 0.15) is 51.0 Å². The number of fused-ring (bicyclic) bond motifs is 2. The average Bonchev–Trinajstić information content (AvgIpc) is 2.74. The zero-order valence-electron chi connectivity index (χ0n) is 14.9. The average molecular weight is 330 g/mol. The molecule has 2 fully saturated rings. The van der Waals surface area contributed by atoms with Gasteiger partial charge in [0.05, 0.1) is 25.2 Å². The quantitative estimate of drug-likeness (QED) is 0.361. The molecule has 4 heteroatoms. The van der Waals surface area contributed by atoms with Crippen molar-refractivity contribution in [2.75, 3.05) is 7.05 Å². The number of aldehydes is 1. The van der Waals surface area contributed by atoms with Gasteiger partial charge in [-0.3, -0.25) is 4.79 Å². The van der Waals surface area contributed by atoms with Crippen LogP contribution in [0.4, 0.5) is 0 Å². The third-order valence-corrected chi connectivity index (χ3v) is 6.42. The van der Waals surface area contributed by atoms with Crippen LogP contribution >= 0.6 is 0 Å². The number of rotatable bonds is 5. The lowest BCUT2D eigenvalue weighted by molar-refractivity contribution is -0.968. The van der Waals surface area contributed by atoms with Crippen molar-refractivity contribution < 1.29 is 18.8 Å². The molecule has 24 heavy (non-hydrogen) atoms. The number of esters is 1. The number of quaternary nitrogens is 1. The van der Waals surface area contributed by atoms with Crippen molar-refractivity contribution in [1.82, 2.24) is 0 Å². The van der Waals surface area contributed by atoms with E-state index in [0.717, 1.165) is 17.3 Å². The van der Waals surface area contributed by atoms with Gasteiger partial charge in [0.1, 0.15) is 18.3 Å². The van der Waals surface area contributed by atoms with Gasteiger partial charge in [0.2, 0.25) is 0 Å². The molecule has 2 unspecified atom stereocenters. The van der Waals surface area contributed by atoms with Crippen LogP contribution in [0, 0.1) is 0 Å². The highest BCUT2D eigenvalue weighted by Crippen LogP contribution is 2.44. The number of carbonyl (C=O) groups is 2. The predicted octanol–water partition coefficient (Wildman–Crippen LogP) is 3.06. The molecule has 0 aliphatic carbocycles. The van der Waals surface area contributed by atoms with Crippen LogP contribution in [-0.2, 0) is 14.3 Å². The molecule has 0 saturated carbocycles. The molecule has 2 bridgehead atoms. The van der Waals surface area contributed by atoms with Crippen molar-refractivity contribution in [3.63, 3.8) is 0 Å². The van der Waals surface area contributed by atoms with Gasteiger partial charge < -0.3 is 14.0 Å². The van der Waals surface area contributed by atoms with Gasteiger partial charge in [-0.05, 0) is 19.4 Å². The van der Waals surface area contributed by atoms with E-state index < -0.39 is 11.9 Å². The summed E-state index contributed by atoms with van der Waals surface area (Å²) >= 11 is 0. The van der Waals surface area contributed by atoms with Gasteiger partial charge in [-0.2, -0.15) is 0 Å². The largest absolute Gasteiger partial charge is 0.461 e. The monoisotopic (exact) mass is 330 g/mol. The van der Waals surface area contributed by atoms with Crippen LogP contribution in [0.25, 0.3) is 0 Å². The normalized spacial score (nSPS) is 33.2. The number of nitrogens with zero attached hydrogens (tertiary/aromatic N) is 1. The van der Waals surface area contributed by atoms with Gasteiger partial charge >= 0.3 is 5.97 Å². The minimum atomic E-state index is -0.809. The lowest BCUT2D eigenvalue weighted by Crippen LogP contribution is -2.62. The molecule has 1 aromatic rings. The van der Waals surface area contributed by atoms with Crippen LogP contribution in [0.15, 0.2) is 30.3 Å². The molecular weight excluding hydrogens is 302 g/mol. The van der Waals surface area contributed by atoms with Gasteiger partial charge in [-0.1, -0.05) is 30.3 Å². The predicted molar refractivity (Wildman–Crippen MR) is 92.5 cm³/mol. The van der Waals surface area contributed by atoms with Crippen molar-refractivity contribution >= 4 is 12.3 Å². The fourth-order valence-electron chi connectivity index (χ4n) is 4.74. The number of benzene rings is 1. The summed E-state index contributed by atoms with van der Waals surface area (Å²) in [7, 11) is 2.35. The van der Waals surface area contributed by atoms with Crippen LogP contribution in [0.5, 0.6) is 0 Å². The summed E-state index contributed by atoms with van der Waals surface area (Å²) in [4.78, 5) is 23.9. The molecule has 0 spiro atoms. The van der Waals surface area contributed by atoms with E-state index in [1.807, 2.05) is 18.2 Å². The lowest BCUT2D eigenvalue weighted by atomic mass is 9.94. The number of ether oxygens (including phenoxy) is 1. The molecule has 5 atom stereocenters. The molecule has 0 amide bonds. The summed E-state index contributed by atoms with van der Waals surface area (Å²) in [5, 5.41) is 0. The Morgan fingerprint density at radius 2 is 1.75 bits per heavy atom. The maximum absolute atomic E-state index is 12.5. The summed E-state index contributed by atoms with van der Waals surface area (Å²) < 4.78 is 6.87. The van der Waals surface area contributed by atoms with E-state index in [1.165, 1.54) is 12.8 Å². The second kappa shape index (κ2) is 6.67. The second-order valence-corrected chi connectivity index (χ2v) is 7.76. The highest BCUT2D eigenvalue weighted by atomic mass is 16.5. The minimum Gasteiger partial charge on any atom is -0.461 e. The van der Waals surface area contributed by atoms with Crippen molar-refractivity contribution in [3.8, 4) is 0 Å². The Kier molecular flexibility index (Phi) is 4.77. The lowest BCUT2D eigenvalue weighted by Gasteiger charge is -2.49. The SMILES string of the molecule is CC(C)[N+]1(C)[C@@H]2CC[C@H]1CC(OC(=O)[C@@H](C=O)c1ccccc1)C2. The molecule has 2 aliphatic rings. The second-order valence-electron chi connectivity index (χ2n) is 7.76. The highest BCUT2D eigenvalue weighted by Gasteiger charge is 2.53. The number of hydrogen-bond acceptors (Lipinski definition) is 3. The fraction of sp³-hybridized carbons (Fsp3) is 0.600. The van der Waals surface area contributed by atoms with E-state index in [9.17, 15) is 9.59 Å². The maximum atomic E-state index is 12.5. The maximum Gasteiger partial charge on any atom is 0.320 e. The highest BCUT2D eigenvalue weighted by molar-refractivity contribution is 5.94. The summed E-state index contributed by atoms with van der Waals surface area (Å²) in [5.41, 5.74) is 0.707. The minimum absolute atomic E-state index is 0.0499. The topological polar surface area (TPSA) is 43.4 Å². The van der Waals surface area contributed by atoms with Gasteiger partial charge in [-0.15, -0.1) is 0 Å². The van der Waals surface area contributed by atoms with Gasteiger partial charge in [0.15, 0.2) is 0 Å². The summed E-state index contributed by atoms with van der Waals surface area (Å²) in [6.07, 6.45) is 4.90. The Morgan fingerprint density at radius 1 is 1.17 bits per heavy atom. The van der Waals surface area contributed by atoms with Gasteiger partial charge in [0, 0.05) is 25.7 Å². The van der Waals surface area contributed by atoms with Crippen molar-refractivity contribution in [1.29, 1.82) is 0 Å².